The van der Waals surface area contributed by atoms with Crippen molar-refractivity contribution in [3.05, 3.63) is 82.2 Å². The molecular formula is C34H37ClFN3O4S. The highest BCUT2D eigenvalue weighted by molar-refractivity contribution is 7.21. The van der Waals surface area contributed by atoms with Gasteiger partial charge in [-0.3, -0.25) is 9.78 Å². The summed E-state index contributed by atoms with van der Waals surface area (Å²) >= 11 is 7.90. The van der Waals surface area contributed by atoms with Crippen LogP contribution in [0.2, 0.25) is 5.02 Å². The van der Waals surface area contributed by atoms with Gasteiger partial charge in [-0.25, -0.2) is 9.18 Å². The lowest BCUT2D eigenvalue weighted by molar-refractivity contribution is 0.0543. The fourth-order valence-electron chi connectivity index (χ4n) is 6.44. The molecule has 0 spiro atoms. The molecule has 5 rings (SSSR count). The first kappa shape index (κ1) is 31.7. The molecule has 1 saturated carbocycles. The van der Waals surface area contributed by atoms with Crippen molar-refractivity contribution in [3.63, 3.8) is 0 Å². The first-order valence-corrected chi connectivity index (χ1v) is 15.9. The Kier molecular flexibility index (Phi) is 9.46. The third kappa shape index (κ3) is 6.69. The van der Waals surface area contributed by atoms with E-state index in [-0.39, 0.29) is 46.3 Å². The first-order chi connectivity index (χ1) is 21.0. The zero-order valence-corrected chi connectivity index (χ0v) is 26.8. The smallest absolute Gasteiger partial charge is 0.404 e. The average Bonchev–Trinajstić information content (AvgIpc) is 3.35. The summed E-state index contributed by atoms with van der Waals surface area (Å²) in [5.41, 5.74) is 2.53. The Morgan fingerprint density at radius 1 is 1.11 bits per heavy atom. The van der Waals surface area contributed by atoms with Crippen molar-refractivity contribution in [2.75, 3.05) is 7.11 Å². The number of benzene rings is 2. The van der Waals surface area contributed by atoms with Gasteiger partial charge in [-0.15, -0.1) is 11.3 Å². The van der Waals surface area contributed by atoms with Crippen molar-refractivity contribution in [2.45, 2.75) is 65.1 Å². The Balaban J connectivity index is 1.50. The number of hydrogen-bond donors (Lipinski definition) is 2. The number of fused-ring (bicyclic) bond motifs is 1. The van der Waals surface area contributed by atoms with Gasteiger partial charge >= 0.3 is 6.09 Å². The highest BCUT2D eigenvalue weighted by Crippen LogP contribution is 2.41. The summed E-state index contributed by atoms with van der Waals surface area (Å²) < 4.78 is 21.1. The largest absolute Gasteiger partial charge is 0.496 e. The van der Waals surface area contributed by atoms with Gasteiger partial charge in [0.15, 0.2) is 0 Å². The number of halogens is 2. The van der Waals surface area contributed by atoms with E-state index in [2.05, 4.69) is 10.3 Å². The molecule has 44 heavy (non-hydrogen) atoms. The van der Waals surface area contributed by atoms with Gasteiger partial charge in [-0.05, 0) is 84.5 Å². The number of carbonyl (C=O) groups excluding carboxylic acids is 1. The molecule has 1 atom stereocenters. The Morgan fingerprint density at radius 2 is 1.82 bits per heavy atom. The third-order valence-electron chi connectivity index (χ3n) is 8.56. The molecule has 232 valence electrons. The molecule has 0 saturated heterocycles. The van der Waals surface area contributed by atoms with Crippen LogP contribution in [0.4, 0.5) is 9.18 Å². The standard InChI is InChI=1S/C34H37ClFN3O4S/c1-34(2,3)31(38-33(41)42)21-8-11-24(12-9-21)39(32(40)30-29(35)28-25(36)6-5-7-27(28)44-30)19-23-18-22(10-13-26(23)43-4)20-14-16-37-17-15-20/h5-7,10,13-18,21,24,31,38H,8-9,11-12,19H2,1-4H3,(H,41,42). The van der Waals surface area contributed by atoms with Crippen molar-refractivity contribution in [1.82, 2.24) is 15.2 Å². The summed E-state index contributed by atoms with van der Waals surface area (Å²) in [6.45, 7) is 6.39. The van der Waals surface area contributed by atoms with Crippen LogP contribution in [-0.2, 0) is 6.54 Å². The molecule has 0 aliphatic heterocycles. The fourth-order valence-corrected chi connectivity index (χ4v) is 7.95. The molecule has 0 bridgehead atoms. The Bertz CT molecular complexity index is 1650. The van der Waals surface area contributed by atoms with Crippen molar-refractivity contribution in [3.8, 4) is 16.9 Å². The molecule has 2 aromatic heterocycles. The molecule has 2 heterocycles. The molecule has 7 nitrogen and oxygen atoms in total. The van der Waals surface area contributed by atoms with Gasteiger partial charge in [0.2, 0.25) is 0 Å². The van der Waals surface area contributed by atoms with E-state index in [0.717, 1.165) is 29.5 Å². The number of pyridine rings is 1. The summed E-state index contributed by atoms with van der Waals surface area (Å²) in [5, 5.41) is 12.7. The topological polar surface area (TPSA) is 91.8 Å². The van der Waals surface area contributed by atoms with E-state index in [0.29, 0.717) is 28.2 Å². The molecule has 1 unspecified atom stereocenters. The number of carboxylic acid groups (broad SMARTS) is 1. The maximum atomic E-state index is 14.8. The lowest BCUT2D eigenvalue weighted by Gasteiger charge is -2.43. The molecule has 10 heteroatoms. The molecule has 2 amide bonds. The van der Waals surface area contributed by atoms with Gasteiger partial charge in [0.1, 0.15) is 16.4 Å². The second-order valence-corrected chi connectivity index (χ2v) is 13.8. The minimum atomic E-state index is -1.03. The van der Waals surface area contributed by atoms with Crippen molar-refractivity contribution in [2.24, 2.45) is 11.3 Å². The minimum Gasteiger partial charge on any atom is -0.496 e. The summed E-state index contributed by atoms with van der Waals surface area (Å²) in [5.74, 6) is 0.0688. The van der Waals surface area contributed by atoms with Crippen LogP contribution < -0.4 is 10.1 Å². The fraction of sp³-hybridized carbons (Fsp3) is 0.382. The lowest BCUT2D eigenvalue weighted by Crippen LogP contribution is -2.50. The maximum absolute atomic E-state index is 14.8. The average molecular weight is 638 g/mol. The Hall–Kier alpha value is -3.69. The maximum Gasteiger partial charge on any atom is 0.404 e. The van der Waals surface area contributed by atoms with Gasteiger partial charge in [-0.2, -0.15) is 0 Å². The van der Waals surface area contributed by atoms with Crippen molar-refractivity contribution >= 4 is 45.0 Å². The molecule has 1 aliphatic carbocycles. The monoisotopic (exact) mass is 637 g/mol. The third-order valence-corrected chi connectivity index (χ3v) is 10.2. The quantitative estimate of drug-likeness (QED) is 0.202. The second kappa shape index (κ2) is 13.1. The summed E-state index contributed by atoms with van der Waals surface area (Å²) in [4.78, 5) is 32.3. The van der Waals surface area contributed by atoms with Gasteiger partial charge in [0.25, 0.3) is 5.91 Å². The van der Waals surface area contributed by atoms with Crippen LogP contribution in [-0.4, -0.2) is 46.2 Å². The lowest BCUT2D eigenvalue weighted by atomic mass is 9.72. The number of amides is 2. The number of thiophene rings is 1. The second-order valence-electron chi connectivity index (χ2n) is 12.4. The molecule has 0 radical (unpaired) electrons. The molecular weight excluding hydrogens is 601 g/mol. The number of carbonyl (C=O) groups is 2. The van der Waals surface area contributed by atoms with Crippen LogP contribution in [0.25, 0.3) is 21.2 Å². The van der Waals surface area contributed by atoms with Crippen LogP contribution in [0, 0.1) is 17.2 Å². The predicted molar refractivity (Wildman–Crippen MR) is 173 cm³/mol. The number of ether oxygens (including phenoxy) is 1. The Labute approximate surface area is 266 Å². The molecule has 2 N–H and O–H groups in total. The van der Waals surface area contributed by atoms with Crippen LogP contribution in [0.3, 0.4) is 0 Å². The number of nitrogens with zero attached hydrogens (tertiary/aromatic N) is 2. The SMILES string of the molecule is COc1ccc(-c2ccncc2)cc1CN(C(=O)c1sc2cccc(F)c2c1Cl)C1CCC(C(NC(=O)O)C(C)(C)C)CC1. The molecule has 1 fully saturated rings. The van der Waals surface area contributed by atoms with Gasteiger partial charge in [0, 0.05) is 46.7 Å². The van der Waals surface area contributed by atoms with Gasteiger partial charge in [0.05, 0.1) is 12.1 Å². The Morgan fingerprint density at radius 3 is 2.43 bits per heavy atom. The van der Waals surface area contributed by atoms with Crippen LogP contribution in [0.5, 0.6) is 5.75 Å². The van der Waals surface area contributed by atoms with E-state index in [4.69, 9.17) is 16.3 Å². The zero-order valence-electron chi connectivity index (χ0n) is 25.3. The van der Waals surface area contributed by atoms with Gasteiger partial charge in [-0.1, -0.05) is 44.5 Å². The first-order valence-electron chi connectivity index (χ1n) is 14.7. The van der Waals surface area contributed by atoms with E-state index < -0.39 is 11.9 Å². The van der Waals surface area contributed by atoms with Crippen molar-refractivity contribution < 1.29 is 23.8 Å². The number of hydrogen-bond acceptors (Lipinski definition) is 5. The number of methoxy groups -OCH3 is 1. The summed E-state index contributed by atoms with van der Waals surface area (Å²) in [6, 6.07) is 14.1. The van der Waals surface area contributed by atoms with E-state index in [9.17, 15) is 19.1 Å². The zero-order chi connectivity index (χ0) is 31.6. The minimum absolute atomic E-state index is 0.128. The number of aromatic nitrogens is 1. The molecule has 2 aromatic carbocycles. The van der Waals surface area contributed by atoms with E-state index in [1.807, 2.05) is 56.0 Å². The highest BCUT2D eigenvalue weighted by Gasteiger charge is 2.39. The number of rotatable bonds is 8. The van der Waals surface area contributed by atoms with Crippen LogP contribution >= 0.6 is 22.9 Å². The number of nitrogens with one attached hydrogen (secondary N) is 1. The summed E-state index contributed by atoms with van der Waals surface area (Å²) in [6.07, 6.45) is 5.32. The van der Waals surface area contributed by atoms with E-state index in [1.165, 1.54) is 17.4 Å². The van der Waals surface area contributed by atoms with Gasteiger partial charge < -0.3 is 20.1 Å². The molecule has 1 aliphatic rings. The van der Waals surface area contributed by atoms with E-state index >= 15 is 0 Å². The summed E-state index contributed by atoms with van der Waals surface area (Å²) in [7, 11) is 1.61. The van der Waals surface area contributed by atoms with Crippen LogP contribution in [0.1, 0.15) is 61.7 Å². The van der Waals surface area contributed by atoms with Crippen molar-refractivity contribution in [1.29, 1.82) is 0 Å². The van der Waals surface area contributed by atoms with Crippen LogP contribution in [0.15, 0.2) is 60.9 Å². The molecule has 4 aromatic rings. The predicted octanol–water partition coefficient (Wildman–Crippen LogP) is 8.65. The highest BCUT2D eigenvalue weighted by atomic mass is 35.5. The normalized spacial score (nSPS) is 17.7. The van der Waals surface area contributed by atoms with E-state index in [1.54, 1.807) is 31.6 Å².